The minimum absolute atomic E-state index is 0. The van der Waals surface area contributed by atoms with E-state index in [0.29, 0.717) is 16.8 Å². The molecule has 0 N–H and O–H groups in total. The monoisotopic (exact) mass is 880 g/mol. The Labute approximate surface area is 327 Å². The molecule has 0 aliphatic rings. The van der Waals surface area contributed by atoms with Gasteiger partial charge in [0.05, 0.1) is 15.3 Å². The zero-order valence-electron chi connectivity index (χ0n) is 32.8. The van der Waals surface area contributed by atoms with Crippen molar-refractivity contribution in [3.63, 3.8) is 0 Å². The SMILES string of the molecule is [2H]C([2H])(c1cnc(-c2[c-]ccc3c2oc2c3ccc3sc(C(C)(C)C)nc32)cc1-c1c(C)cccc1C)C(C)(C)C.[Ir].[c-]1ccccc1-c1ccccn1. The van der Waals surface area contributed by atoms with Crippen LogP contribution in [0.4, 0.5) is 0 Å². The summed E-state index contributed by atoms with van der Waals surface area (Å²) in [4.78, 5) is 14.1. The molecule has 4 heterocycles. The summed E-state index contributed by atoms with van der Waals surface area (Å²) < 4.78 is 26.0. The summed E-state index contributed by atoms with van der Waals surface area (Å²) in [5, 5.41) is 3.09. The number of nitrogens with zero attached hydrogens (tertiary/aromatic N) is 3. The molecular weight excluding hydrogens is 835 g/mol. The third-order valence-corrected chi connectivity index (χ3v) is 10.1. The molecule has 0 aliphatic heterocycles. The molecule has 0 bridgehead atoms. The van der Waals surface area contributed by atoms with Gasteiger partial charge in [-0.05, 0) is 77.0 Å². The van der Waals surface area contributed by atoms with E-state index in [1.807, 2.05) is 87.5 Å². The summed E-state index contributed by atoms with van der Waals surface area (Å²) in [7, 11) is 0. The van der Waals surface area contributed by atoms with Crippen molar-refractivity contribution in [1.82, 2.24) is 15.0 Å². The molecule has 1 radical (unpaired) electrons. The quantitative estimate of drug-likeness (QED) is 0.165. The van der Waals surface area contributed by atoms with Gasteiger partial charge in [0.2, 0.25) is 0 Å². The molecule has 0 aliphatic carbocycles. The second kappa shape index (κ2) is 14.9. The van der Waals surface area contributed by atoms with Crippen LogP contribution in [-0.2, 0) is 31.9 Å². The zero-order chi connectivity index (χ0) is 37.7. The molecule has 0 spiro atoms. The Bertz CT molecular complexity index is 2530. The van der Waals surface area contributed by atoms with E-state index in [1.165, 1.54) is 0 Å². The molecule has 0 unspecified atom stereocenters. The molecule has 0 fully saturated rings. The molecule has 4 aromatic heterocycles. The fraction of sp³-hybridized carbons (Fsp3) is 0.239. The van der Waals surface area contributed by atoms with Gasteiger partial charge in [-0.1, -0.05) is 95.0 Å². The topological polar surface area (TPSA) is 51.8 Å². The van der Waals surface area contributed by atoms with Gasteiger partial charge in [0.1, 0.15) is 11.1 Å². The van der Waals surface area contributed by atoms with Gasteiger partial charge < -0.3 is 14.4 Å². The van der Waals surface area contributed by atoms with Crippen LogP contribution in [0.15, 0.2) is 108 Å². The minimum atomic E-state index is -1.61. The summed E-state index contributed by atoms with van der Waals surface area (Å²) in [5.41, 5.74) is 9.84. The Balaban J connectivity index is 0.000000324. The third-order valence-electron chi connectivity index (χ3n) is 8.67. The first-order valence-corrected chi connectivity index (χ1v) is 18.1. The first-order valence-electron chi connectivity index (χ1n) is 18.3. The molecule has 265 valence electrons. The van der Waals surface area contributed by atoms with Crippen molar-refractivity contribution in [2.45, 2.75) is 67.2 Å². The van der Waals surface area contributed by atoms with Crippen molar-refractivity contribution in [2.75, 3.05) is 0 Å². The van der Waals surface area contributed by atoms with E-state index in [1.54, 1.807) is 23.7 Å². The predicted molar refractivity (Wildman–Crippen MR) is 214 cm³/mol. The summed E-state index contributed by atoms with van der Waals surface area (Å²) in [6, 6.07) is 36.6. The Kier molecular flexibility index (Phi) is 9.89. The maximum atomic E-state index is 9.15. The van der Waals surface area contributed by atoms with Gasteiger partial charge in [-0.25, -0.2) is 4.98 Å². The van der Waals surface area contributed by atoms with E-state index >= 15 is 0 Å². The van der Waals surface area contributed by atoms with Crippen LogP contribution >= 0.6 is 11.3 Å². The first kappa shape index (κ1) is 34.6. The first-order chi connectivity index (χ1) is 25.1. The summed E-state index contributed by atoms with van der Waals surface area (Å²) in [6.45, 7) is 16.5. The van der Waals surface area contributed by atoms with Crippen molar-refractivity contribution in [3.8, 4) is 33.6 Å². The minimum Gasteiger partial charge on any atom is -0.498 e. The number of furan rings is 1. The number of rotatable bonds is 4. The summed E-state index contributed by atoms with van der Waals surface area (Å²) in [5.74, 6) is 0. The van der Waals surface area contributed by atoms with Crippen LogP contribution in [0.1, 0.15) is 66.0 Å². The van der Waals surface area contributed by atoms with E-state index in [9.17, 15) is 0 Å². The number of aryl methyl sites for hydroxylation is 2. The average molecular weight is 880 g/mol. The Morgan fingerprint density at radius 1 is 0.769 bits per heavy atom. The molecule has 8 rings (SSSR count). The van der Waals surface area contributed by atoms with Gasteiger partial charge in [0.15, 0.2) is 0 Å². The molecule has 52 heavy (non-hydrogen) atoms. The standard InChI is InChI=1S/C35H35N2OS.C11H8N.Ir/c1-20-11-9-12-21(2)29(20)26-17-27(36-19-22(26)18-34(3,4)5)25-14-10-13-23-24-15-16-28-30(32(24)38-31(23)25)37-33(39-28)35(6,7)8;1-2-6-10(7-3-1)11-8-4-5-9-12-11;/h9-13,15-17,19H,18H2,1-8H3;1-6,8-9H;/q2*-1;/i18D2;;. The molecule has 0 saturated heterocycles. The van der Waals surface area contributed by atoms with Crippen LogP contribution in [0, 0.1) is 31.4 Å². The number of thiazole rings is 1. The van der Waals surface area contributed by atoms with Crippen LogP contribution in [-0.4, -0.2) is 15.0 Å². The Morgan fingerprint density at radius 2 is 1.52 bits per heavy atom. The van der Waals surface area contributed by atoms with Crippen molar-refractivity contribution in [3.05, 3.63) is 137 Å². The van der Waals surface area contributed by atoms with Crippen LogP contribution in [0.25, 0.3) is 65.8 Å². The smallest absolute Gasteiger partial charge is 0.148 e. The second-order valence-corrected chi connectivity index (χ2v) is 16.0. The van der Waals surface area contributed by atoms with Crippen molar-refractivity contribution in [2.24, 2.45) is 5.41 Å². The van der Waals surface area contributed by atoms with Gasteiger partial charge in [-0.15, -0.1) is 65.4 Å². The number of pyridine rings is 2. The van der Waals surface area contributed by atoms with E-state index < -0.39 is 11.8 Å². The normalized spacial score (nSPS) is 12.6. The van der Waals surface area contributed by atoms with Crippen molar-refractivity contribution >= 4 is 43.5 Å². The Hall–Kier alpha value is -4.48. The number of benzene rings is 4. The molecule has 8 aromatic rings. The molecule has 0 amide bonds. The van der Waals surface area contributed by atoms with Crippen molar-refractivity contribution in [1.29, 1.82) is 0 Å². The van der Waals surface area contributed by atoms with E-state index in [0.717, 1.165) is 70.7 Å². The molecule has 0 atom stereocenters. The summed E-state index contributed by atoms with van der Waals surface area (Å²) >= 11 is 1.71. The fourth-order valence-corrected chi connectivity index (χ4v) is 7.34. The maximum absolute atomic E-state index is 9.15. The largest absolute Gasteiger partial charge is 0.498 e. The third kappa shape index (κ3) is 7.66. The molecule has 6 heteroatoms. The van der Waals surface area contributed by atoms with Gasteiger partial charge in [0.25, 0.3) is 0 Å². The molecular formula is C46H43IrN3OS-2. The van der Waals surface area contributed by atoms with E-state index in [4.69, 9.17) is 17.1 Å². The molecule has 4 aromatic carbocycles. The van der Waals surface area contributed by atoms with Crippen LogP contribution in [0.3, 0.4) is 0 Å². The zero-order valence-corrected chi connectivity index (χ0v) is 34.0. The van der Waals surface area contributed by atoms with Crippen LogP contribution in [0.2, 0.25) is 0 Å². The Morgan fingerprint density at radius 3 is 2.19 bits per heavy atom. The average Bonchev–Trinajstić information content (AvgIpc) is 3.75. The van der Waals surface area contributed by atoms with E-state index in [-0.39, 0.29) is 25.5 Å². The number of hydrogen-bond acceptors (Lipinski definition) is 5. The van der Waals surface area contributed by atoms with Gasteiger partial charge in [0, 0.05) is 46.0 Å². The fourth-order valence-electron chi connectivity index (χ4n) is 6.32. The number of aromatic nitrogens is 3. The van der Waals surface area contributed by atoms with E-state index in [2.05, 4.69) is 76.0 Å². The van der Waals surface area contributed by atoms with Gasteiger partial charge >= 0.3 is 0 Å². The maximum Gasteiger partial charge on any atom is 0.148 e. The van der Waals surface area contributed by atoms with Crippen molar-refractivity contribution < 1.29 is 27.3 Å². The van der Waals surface area contributed by atoms with Crippen LogP contribution in [0.5, 0.6) is 0 Å². The van der Waals surface area contributed by atoms with Gasteiger partial charge in [-0.2, -0.15) is 0 Å². The summed E-state index contributed by atoms with van der Waals surface area (Å²) in [6.07, 6.45) is 1.89. The van der Waals surface area contributed by atoms with Gasteiger partial charge in [-0.3, -0.25) is 0 Å². The van der Waals surface area contributed by atoms with Crippen LogP contribution < -0.4 is 0 Å². The molecule has 0 saturated carbocycles. The second-order valence-electron chi connectivity index (χ2n) is 15.0. The number of fused-ring (bicyclic) bond motifs is 5. The molecule has 4 nitrogen and oxygen atoms in total. The number of hydrogen-bond donors (Lipinski definition) is 0. The predicted octanol–water partition coefficient (Wildman–Crippen LogP) is 12.8.